The second-order valence-electron chi connectivity index (χ2n) is 4.03. The Morgan fingerprint density at radius 3 is 2.50 bits per heavy atom. The van der Waals surface area contributed by atoms with E-state index in [-0.39, 0.29) is 10.9 Å². The van der Waals surface area contributed by atoms with Crippen molar-refractivity contribution in [2.45, 2.75) is 4.90 Å². The lowest BCUT2D eigenvalue weighted by Gasteiger charge is -2.07. The average molecular weight is 358 g/mol. The predicted octanol–water partition coefficient (Wildman–Crippen LogP) is -0.667. The van der Waals surface area contributed by atoms with Crippen LogP contribution in [0.5, 0.6) is 11.8 Å². The van der Waals surface area contributed by atoms with Gasteiger partial charge in [-0.25, -0.2) is 13.8 Å². The number of methoxy groups -OCH3 is 2. The molecular weight excluding hydrogens is 344 g/mol. The summed E-state index contributed by atoms with van der Waals surface area (Å²) in [5, 5.41) is 3.59. The van der Waals surface area contributed by atoms with Crippen molar-refractivity contribution < 1.29 is 27.6 Å². The molecule has 1 heterocycles. The first-order chi connectivity index (χ1) is 11.5. The maximum Gasteiger partial charge on any atom is 0.391 e. The third kappa shape index (κ3) is 3.38. The Morgan fingerprint density at radius 1 is 1.21 bits per heavy atom. The number of hydroxylamine groups is 1. The molecule has 0 saturated heterocycles. The molecule has 1 amide bonds. The molecule has 24 heavy (non-hydrogen) atoms. The van der Waals surface area contributed by atoms with Crippen LogP contribution in [0.25, 0.3) is 0 Å². The van der Waals surface area contributed by atoms with Crippen molar-refractivity contribution in [3.63, 3.8) is 0 Å². The Morgan fingerprint density at radius 2 is 1.92 bits per heavy atom. The summed E-state index contributed by atoms with van der Waals surface area (Å²) in [5.41, 5.74) is 0.928. The van der Waals surface area contributed by atoms with E-state index in [1.54, 1.807) is 18.2 Å². The molecule has 0 aliphatic heterocycles. The first-order valence-electron chi connectivity index (χ1n) is 6.36. The highest BCUT2D eigenvalue weighted by molar-refractivity contribution is 7.80. The molecule has 0 saturated carbocycles. The maximum absolute atomic E-state index is 12.1. The molecule has 1 aromatic heterocycles. The van der Waals surface area contributed by atoms with Gasteiger partial charge < -0.3 is 14.3 Å². The Hall–Kier alpha value is -2.86. The van der Waals surface area contributed by atoms with Gasteiger partial charge in [0.15, 0.2) is 0 Å². The van der Waals surface area contributed by atoms with Crippen molar-refractivity contribution >= 4 is 17.1 Å². The number of carbonyl (C=O) groups excluding carboxylic acids is 1. The molecule has 2 rings (SSSR count). The van der Waals surface area contributed by atoms with Crippen molar-refractivity contribution in [1.82, 2.24) is 20.0 Å². The van der Waals surface area contributed by atoms with E-state index < -0.39 is 22.8 Å². The van der Waals surface area contributed by atoms with Crippen LogP contribution >= 0.6 is 0 Å². The third-order valence-electron chi connectivity index (χ3n) is 2.73. The number of amides is 1. The minimum absolute atomic E-state index is 0.202. The molecule has 0 radical (unpaired) electrons. The smallest absolute Gasteiger partial charge is 0.391 e. The average Bonchev–Trinajstić information content (AvgIpc) is 2.94. The fourth-order valence-corrected chi connectivity index (χ4v) is 2.41. The molecule has 0 aliphatic carbocycles. The van der Waals surface area contributed by atoms with E-state index in [1.165, 1.54) is 27.4 Å². The number of nitrogens with zero attached hydrogens (tertiary/aromatic N) is 3. The minimum Gasteiger partial charge on any atom is -0.495 e. The topological polar surface area (TPSA) is 123 Å². The van der Waals surface area contributed by atoms with Gasteiger partial charge in [-0.3, -0.25) is 0 Å². The first kappa shape index (κ1) is 17.5. The molecule has 0 aliphatic rings. The van der Waals surface area contributed by atoms with Crippen molar-refractivity contribution in [1.29, 1.82) is 0 Å². The number of benzene rings is 1. The van der Waals surface area contributed by atoms with Crippen LogP contribution in [0, 0.1) is 0 Å². The molecule has 130 valence electrons. The van der Waals surface area contributed by atoms with Gasteiger partial charge in [0, 0.05) is 0 Å². The molecule has 1 N–H and O–H groups in total. The number of hydrogen-bond acceptors (Lipinski definition) is 8. The van der Waals surface area contributed by atoms with Gasteiger partial charge in [-0.1, -0.05) is 16.9 Å². The summed E-state index contributed by atoms with van der Waals surface area (Å²) in [4.78, 5) is 28.7. The summed E-state index contributed by atoms with van der Waals surface area (Å²) >= 11 is -2.07. The van der Waals surface area contributed by atoms with Crippen LogP contribution < -0.4 is 25.5 Å². The van der Waals surface area contributed by atoms with Crippen molar-refractivity contribution in [3.05, 3.63) is 34.7 Å². The van der Waals surface area contributed by atoms with Gasteiger partial charge in [0.1, 0.15) is 17.8 Å². The van der Waals surface area contributed by atoms with Crippen LogP contribution in [0.2, 0.25) is 0 Å². The molecule has 1 atom stereocenters. The van der Waals surface area contributed by atoms with Crippen LogP contribution in [0.3, 0.4) is 0 Å². The maximum atomic E-state index is 12.1. The van der Waals surface area contributed by atoms with Gasteiger partial charge >= 0.3 is 17.7 Å². The highest BCUT2D eigenvalue weighted by Crippen LogP contribution is 2.21. The van der Waals surface area contributed by atoms with E-state index in [0.29, 0.717) is 15.2 Å². The Balaban J connectivity index is 2.12. The van der Waals surface area contributed by atoms with Gasteiger partial charge in [0.05, 0.1) is 14.2 Å². The monoisotopic (exact) mass is 358 g/mol. The molecule has 1 unspecified atom stereocenters. The molecule has 2 aromatic rings. The Labute approximate surface area is 138 Å². The fraction of sp³-hybridized carbons (Fsp3) is 0.250. The number of nitrogens with one attached hydrogen (secondary N) is 1. The summed E-state index contributed by atoms with van der Waals surface area (Å²) < 4.78 is 27.7. The van der Waals surface area contributed by atoms with Crippen LogP contribution in [-0.4, -0.2) is 46.1 Å². The molecular formula is C12H14N4O7S. The van der Waals surface area contributed by atoms with E-state index in [9.17, 15) is 13.8 Å². The van der Waals surface area contributed by atoms with Gasteiger partial charge in [0.25, 0.3) is 0 Å². The van der Waals surface area contributed by atoms with Gasteiger partial charge in [0.2, 0.25) is 11.1 Å². The molecule has 11 nitrogen and oxygen atoms in total. The Kier molecular flexibility index (Phi) is 5.55. The zero-order valence-corrected chi connectivity index (χ0v) is 13.7. The Bertz CT molecular complexity index is 816. The molecule has 1 aromatic carbocycles. The van der Waals surface area contributed by atoms with E-state index in [0.717, 1.165) is 0 Å². The van der Waals surface area contributed by atoms with Crippen LogP contribution in [-0.2, 0) is 15.4 Å². The zero-order chi connectivity index (χ0) is 17.7. The standard InChI is InChI=1S/C12H14N4O7S/c1-20-8-6-4-5-7-9(8)24(19)23-14-10(17)15-12(18)16(22-3)11(13-15)21-2/h4-7H,1-3H3,(H,14,17). The van der Waals surface area contributed by atoms with Crippen molar-refractivity contribution in [2.75, 3.05) is 21.3 Å². The molecule has 0 bridgehead atoms. The SMILES string of the molecule is COc1ccccc1S(=O)ONC(=O)n1nc(OC)n(OC)c1=O. The molecule has 0 spiro atoms. The number of aromatic nitrogens is 3. The van der Waals surface area contributed by atoms with E-state index in [1.807, 2.05) is 5.48 Å². The lowest BCUT2D eigenvalue weighted by atomic mass is 10.3. The number of rotatable bonds is 6. The highest BCUT2D eigenvalue weighted by atomic mass is 32.2. The van der Waals surface area contributed by atoms with Crippen LogP contribution in [0.15, 0.2) is 34.0 Å². The third-order valence-corrected chi connectivity index (χ3v) is 3.66. The van der Waals surface area contributed by atoms with Gasteiger partial charge in [-0.15, -0.1) is 9.78 Å². The number of ether oxygens (including phenoxy) is 2. The summed E-state index contributed by atoms with van der Waals surface area (Å²) in [5.74, 6) is 0.313. The largest absolute Gasteiger partial charge is 0.495 e. The summed E-state index contributed by atoms with van der Waals surface area (Å²) in [6.45, 7) is 0. The van der Waals surface area contributed by atoms with Crippen LogP contribution in [0.4, 0.5) is 4.79 Å². The summed E-state index contributed by atoms with van der Waals surface area (Å²) in [6.07, 6.45) is 0. The summed E-state index contributed by atoms with van der Waals surface area (Å²) in [6, 6.07) is 5.04. The quantitative estimate of drug-likeness (QED) is 0.675. The molecule has 0 fully saturated rings. The van der Waals surface area contributed by atoms with E-state index >= 15 is 0 Å². The fourth-order valence-electron chi connectivity index (χ4n) is 1.67. The lowest BCUT2D eigenvalue weighted by molar-refractivity contribution is 0.127. The molecule has 12 heteroatoms. The lowest BCUT2D eigenvalue weighted by Crippen LogP contribution is -2.39. The van der Waals surface area contributed by atoms with Gasteiger partial charge in [-0.2, -0.15) is 9.76 Å². The number of hydrogen-bond donors (Lipinski definition) is 1. The number of para-hydroxylation sites is 1. The van der Waals surface area contributed by atoms with Crippen molar-refractivity contribution in [2.24, 2.45) is 0 Å². The second-order valence-corrected chi connectivity index (χ2v) is 5.11. The van der Waals surface area contributed by atoms with Crippen molar-refractivity contribution in [3.8, 4) is 11.8 Å². The first-order valence-corrected chi connectivity index (χ1v) is 7.44. The van der Waals surface area contributed by atoms with E-state index in [4.69, 9.17) is 18.6 Å². The number of carbonyl (C=O) groups is 1. The van der Waals surface area contributed by atoms with E-state index in [2.05, 4.69) is 5.10 Å². The van der Waals surface area contributed by atoms with Gasteiger partial charge in [-0.05, 0) is 12.1 Å². The normalized spacial score (nSPS) is 11.6. The zero-order valence-electron chi connectivity index (χ0n) is 12.9. The van der Waals surface area contributed by atoms with Crippen LogP contribution in [0.1, 0.15) is 0 Å². The minimum atomic E-state index is -2.07. The predicted molar refractivity (Wildman–Crippen MR) is 80.0 cm³/mol. The second kappa shape index (κ2) is 7.61. The highest BCUT2D eigenvalue weighted by Gasteiger charge is 2.21. The summed E-state index contributed by atoms with van der Waals surface area (Å²) in [7, 11) is 3.84.